The van der Waals surface area contributed by atoms with Crippen molar-refractivity contribution in [3.63, 3.8) is 0 Å². The Morgan fingerprint density at radius 1 is 1.26 bits per heavy atom. The molecule has 1 aliphatic heterocycles. The summed E-state index contributed by atoms with van der Waals surface area (Å²) in [6.07, 6.45) is 1.19. The lowest BCUT2D eigenvalue weighted by atomic mass is 9.84. The van der Waals surface area contributed by atoms with Crippen LogP contribution in [0.15, 0.2) is 24.3 Å². The average Bonchev–Trinajstić information content (AvgIpc) is 2.37. The van der Waals surface area contributed by atoms with E-state index in [9.17, 15) is 0 Å². The maximum atomic E-state index is 3.74. The minimum atomic E-state index is 0.305. The van der Waals surface area contributed by atoms with Crippen molar-refractivity contribution in [2.24, 2.45) is 5.41 Å². The molecular formula is C17H28N2. The summed E-state index contributed by atoms with van der Waals surface area (Å²) < 4.78 is 0. The first kappa shape index (κ1) is 14.4. The summed E-state index contributed by atoms with van der Waals surface area (Å²) in [6, 6.07) is 9.93. The summed E-state index contributed by atoms with van der Waals surface area (Å²) in [5.41, 5.74) is 3.10. The van der Waals surface area contributed by atoms with E-state index in [4.69, 9.17) is 0 Å². The van der Waals surface area contributed by atoms with E-state index < -0.39 is 0 Å². The topological polar surface area (TPSA) is 15.3 Å². The van der Waals surface area contributed by atoms with E-state index in [0.29, 0.717) is 17.5 Å². The third kappa shape index (κ3) is 3.11. The van der Waals surface area contributed by atoms with Gasteiger partial charge in [-0.1, -0.05) is 45.9 Å². The highest BCUT2D eigenvalue weighted by atomic mass is 15.2. The Bertz CT molecular complexity index is 420. The van der Waals surface area contributed by atoms with E-state index >= 15 is 0 Å². The van der Waals surface area contributed by atoms with Gasteiger partial charge in [-0.2, -0.15) is 0 Å². The molecular weight excluding hydrogens is 232 g/mol. The number of rotatable bonds is 2. The normalized spacial score (nSPS) is 24.6. The van der Waals surface area contributed by atoms with Gasteiger partial charge in [0, 0.05) is 30.9 Å². The predicted molar refractivity (Wildman–Crippen MR) is 83.8 cm³/mol. The van der Waals surface area contributed by atoms with E-state index in [2.05, 4.69) is 69.1 Å². The zero-order valence-electron chi connectivity index (χ0n) is 13.0. The van der Waals surface area contributed by atoms with Gasteiger partial charge in [0.2, 0.25) is 0 Å². The first-order chi connectivity index (χ1) is 8.93. The smallest absolute Gasteiger partial charge is 0.0412 e. The average molecular weight is 260 g/mol. The molecule has 1 aromatic rings. The fourth-order valence-electron chi connectivity index (χ4n) is 2.92. The molecule has 1 aliphatic rings. The van der Waals surface area contributed by atoms with Gasteiger partial charge in [0.1, 0.15) is 0 Å². The Kier molecular flexibility index (Phi) is 4.19. The number of nitrogens with one attached hydrogen (secondary N) is 1. The molecule has 0 bridgehead atoms. The number of anilines is 1. The second-order valence-corrected chi connectivity index (χ2v) is 6.83. The highest BCUT2D eigenvalue weighted by molar-refractivity contribution is 5.54. The molecule has 0 spiro atoms. The quantitative estimate of drug-likeness (QED) is 0.874. The maximum absolute atomic E-state index is 3.74. The first-order valence-corrected chi connectivity index (χ1v) is 7.49. The zero-order chi connectivity index (χ0) is 14.0. The molecule has 1 saturated heterocycles. The summed E-state index contributed by atoms with van der Waals surface area (Å²) in [4.78, 5) is 2.61. The Balaban J connectivity index is 2.26. The van der Waals surface area contributed by atoms with E-state index in [1.54, 1.807) is 0 Å². The number of hydrogen-bond donors (Lipinski definition) is 1. The lowest BCUT2D eigenvalue weighted by Gasteiger charge is -2.46. The van der Waals surface area contributed by atoms with E-state index in [-0.39, 0.29) is 0 Å². The van der Waals surface area contributed by atoms with Crippen molar-refractivity contribution in [3.05, 3.63) is 29.8 Å². The fourth-order valence-corrected chi connectivity index (χ4v) is 2.92. The highest BCUT2D eigenvalue weighted by Gasteiger charge is 2.33. The molecule has 0 radical (unpaired) electrons. The fraction of sp³-hybridized carbons (Fsp3) is 0.647. The van der Waals surface area contributed by atoms with Crippen LogP contribution in [0.5, 0.6) is 0 Å². The number of benzene rings is 1. The van der Waals surface area contributed by atoms with Crippen LogP contribution in [0.1, 0.15) is 39.7 Å². The first-order valence-electron chi connectivity index (χ1n) is 7.49. The van der Waals surface area contributed by atoms with Crippen molar-refractivity contribution in [1.82, 2.24) is 5.32 Å². The number of aryl methyl sites for hydroxylation is 1. The second-order valence-electron chi connectivity index (χ2n) is 6.83. The molecule has 2 atom stereocenters. The van der Waals surface area contributed by atoms with Gasteiger partial charge in [0.25, 0.3) is 0 Å². The molecule has 0 saturated carbocycles. The molecule has 1 heterocycles. The number of piperazine rings is 1. The van der Waals surface area contributed by atoms with Crippen LogP contribution in [0.25, 0.3) is 0 Å². The number of para-hydroxylation sites is 1. The van der Waals surface area contributed by atoms with Crippen LogP contribution in [0.2, 0.25) is 0 Å². The molecule has 106 valence electrons. The van der Waals surface area contributed by atoms with Crippen LogP contribution in [0.4, 0.5) is 5.69 Å². The van der Waals surface area contributed by atoms with Gasteiger partial charge in [-0.25, -0.2) is 0 Å². The van der Waals surface area contributed by atoms with Crippen molar-refractivity contribution in [2.45, 2.75) is 53.1 Å². The Labute approximate surface area is 118 Å². The molecule has 0 aliphatic carbocycles. The van der Waals surface area contributed by atoms with E-state index in [1.165, 1.54) is 17.7 Å². The Morgan fingerprint density at radius 3 is 2.53 bits per heavy atom. The zero-order valence-corrected chi connectivity index (χ0v) is 13.0. The van der Waals surface area contributed by atoms with Crippen LogP contribution >= 0.6 is 0 Å². The standard InChI is InChI=1S/C17H28N2/c1-6-14-11-18-16(17(3,4)5)12-19(14)15-10-8-7-9-13(15)2/h7-10,14,16,18H,6,11-12H2,1-5H3. The largest absolute Gasteiger partial charge is 0.365 e. The van der Waals surface area contributed by atoms with Gasteiger partial charge in [-0.05, 0) is 30.4 Å². The lowest BCUT2D eigenvalue weighted by molar-refractivity contribution is 0.233. The van der Waals surface area contributed by atoms with Crippen LogP contribution in [0.3, 0.4) is 0 Å². The van der Waals surface area contributed by atoms with Gasteiger partial charge in [0.15, 0.2) is 0 Å². The van der Waals surface area contributed by atoms with Crippen LogP contribution in [-0.2, 0) is 0 Å². The molecule has 2 nitrogen and oxygen atoms in total. The molecule has 2 unspecified atom stereocenters. The summed E-state index contributed by atoms with van der Waals surface area (Å²) in [6.45, 7) is 13.7. The van der Waals surface area contributed by atoms with Crippen molar-refractivity contribution in [1.29, 1.82) is 0 Å². The summed E-state index contributed by atoms with van der Waals surface area (Å²) >= 11 is 0. The van der Waals surface area contributed by atoms with E-state index in [0.717, 1.165) is 13.1 Å². The third-order valence-electron chi connectivity index (χ3n) is 4.36. The summed E-state index contributed by atoms with van der Waals surface area (Å²) in [5.74, 6) is 0. The van der Waals surface area contributed by atoms with Crippen LogP contribution < -0.4 is 10.2 Å². The molecule has 0 aromatic heterocycles. The van der Waals surface area contributed by atoms with Crippen molar-refractivity contribution >= 4 is 5.69 Å². The molecule has 19 heavy (non-hydrogen) atoms. The second kappa shape index (κ2) is 5.54. The van der Waals surface area contributed by atoms with Crippen molar-refractivity contribution in [2.75, 3.05) is 18.0 Å². The molecule has 1 fully saturated rings. The predicted octanol–water partition coefficient (Wildman–Crippen LogP) is 3.60. The highest BCUT2D eigenvalue weighted by Crippen LogP contribution is 2.29. The van der Waals surface area contributed by atoms with Gasteiger partial charge in [-0.3, -0.25) is 0 Å². The minimum absolute atomic E-state index is 0.305. The van der Waals surface area contributed by atoms with Crippen molar-refractivity contribution < 1.29 is 0 Å². The van der Waals surface area contributed by atoms with E-state index in [1.807, 2.05) is 0 Å². The van der Waals surface area contributed by atoms with Gasteiger partial charge in [-0.15, -0.1) is 0 Å². The monoisotopic (exact) mass is 260 g/mol. The number of nitrogens with zero attached hydrogens (tertiary/aromatic N) is 1. The minimum Gasteiger partial charge on any atom is -0.365 e. The summed E-state index contributed by atoms with van der Waals surface area (Å²) in [5, 5.41) is 3.74. The third-order valence-corrected chi connectivity index (χ3v) is 4.36. The Hall–Kier alpha value is -1.02. The van der Waals surface area contributed by atoms with Gasteiger partial charge < -0.3 is 10.2 Å². The van der Waals surface area contributed by atoms with Crippen LogP contribution in [-0.4, -0.2) is 25.2 Å². The molecule has 2 rings (SSSR count). The summed E-state index contributed by atoms with van der Waals surface area (Å²) in [7, 11) is 0. The lowest BCUT2D eigenvalue weighted by Crippen LogP contribution is -2.60. The molecule has 1 N–H and O–H groups in total. The molecule has 2 heteroatoms. The SMILES string of the molecule is CCC1CNC(C(C)(C)C)CN1c1ccccc1C. The maximum Gasteiger partial charge on any atom is 0.0412 e. The molecule has 1 aromatic carbocycles. The van der Waals surface area contributed by atoms with Crippen molar-refractivity contribution in [3.8, 4) is 0 Å². The van der Waals surface area contributed by atoms with Gasteiger partial charge >= 0.3 is 0 Å². The Morgan fingerprint density at radius 2 is 1.95 bits per heavy atom. The molecule has 0 amide bonds. The van der Waals surface area contributed by atoms with Crippen LogP contribution in [0, 0.1) is 12.3 Å². The number of hydrogen-bond acceptors (Lipinski definition) is 2. The van der Waals surface area contributed by atoms with Gasteiger partial charge in [0.05, 0.1) is 0 Å².